The molecule has 1 aliphatic heterocycles. The van der Waals surface area contributed by atoms with Crippen LogP contribution in [0.5, 0.6) is 0 Å². The highest BCUT2D eigenvalue weighted by Gasteiger charge is 2.27. The van der Waals surface area contributed by atoms with Crippen molar-refractivity contribution in [2.24, 2.45) is 5.92 Å². The van der Waals surface area contributed by atoms with Gasteiger partial charge in [0.25, 0.3) is 5.91 Å². The van der Waals surface area contributed by atoms with E-state index in [1.54, 1.807) is 34.8 Å². The lowest BCUT2D eigenvalue weighted by molar-refractivity contribution is 0.0952. The van der Waals surface area contributed by atoms with Crippen LogP contribution in [-0.4, -0.2) is 70.3 Å². The molecular weight excluding hydrogens is 510 g/mol. The van der Waals surface area contributed by atoms with Gasteiger partial charge in [0.05, 0.1) is 23.0 Å². The van der Waals surface area contributed by atoms with Crippen LogP contribution in [0.3, 0.4) is 0 Å². The van der Waals surface area contributed by atoms with E-state index in [4.69, 9.17) is 9.97 Å². The smallest absolute Gasteiger partial charge is 0.251 e. The summed E-state index contributed by atoms with van der Waals surface area (Å²) in [5.74, 6) is 1.90. The molecule has 0 unspecified atom stereocenters. The Morgan fingerprint density at radius 2 is 1.86 bits per heavy atom. The third-order valence-corrected chi connectivity index (χ3v) is 8.98. The van der Waals surface area contributed by atoms with Crippen molar-refractivity contribution in [3.05, 3.63) is 36.0 Å². The van der Waals surface area contributed by atoms with E-state index in [2.05, 4.69) is 36.5 Å². The Morgan fingerprint density at radius 1 is 1.14 bits per heavy atom. The zero-order valence-electron chi connectivity index (χ0n) is 21.6. The van der Waals surface area contributed by atoms with Crippen LogP contribution in [0.25, 0.3) is 11.0 Å². The SMILES string of the molecule is CCCSc1nc(NCC(C)C)c2cnn(CCNC(=O)c3ccc(S(=O)(=O)N4CCCC4)cc3)c2n1. The minimum Gasteiger partial charge on any atom is -0.369 e. The van der Waals surface area contributed by atoms with Crippen LogP contribution >= 0.6 is 11.8 Å². The average molecular weight is 546 g/mol. The lowest BCUT2D eigenvalue weighted by Gasteiger charge is -2.15. The van der Waals surface area contributed by atoms with Gasteiger partial charge in [-0.05, 0) is 49.4 Å². The summed E-state index contributed by atoms with van der Waals surface area (Å²) >= 11 is 1.61. The van der Waals surface area contributed by atoms with Crippen molar-refractivity contribution in [2.75, 3.05) is 37.2 Å². The molecule has 37 heavy (non-hydrogen) atoms. The zero-order valence-corrected chi connectivity index (χ0v) is 23.2. The molecule has 0 saturated carbocycles. The number of hydrogen-bond acceptors (Lipinski definition) is 8. The van der Waals surface area contributed by atoms with Crippen molar-refractivity contribution < 1.29 is 13.2 Å². The maximum atomic E-state index is 12.7. The summed E-state index contributed by atoms with van der Waals surface area (Å²) in [6.07, 6.45) is 4.54. The van der Waals surface area contributed by atoms with Crippen LogP contribution in [0, 0.1) is 5.92 Å². The van der Waals surface area contributed by atoms with E-state index in [-0.39, 0.29) is 10.8 Å². The molecule has 3 heterocycles. The number of carbonyl (C=O) groups is 1. The fourth-order valence-electron chi connectivity index (χ4n) is 4.03. The van der Waals surface area contributed by atoms with Crippen LogP contribution in [0.4, 0.5) is 5.82 Å². The van der Waals surface area contributed by atoms with Crippen molar-refractivity contribution in [1.82, 2.24) is 29.4 Å². The van der Waals surface area contributed by atoms with Gasteiger partial charge in [-0.3, -0.25) is 4.79 Å². The number of benzene rings is 1. The van der Waals surface area contributed by atoms with Crippen molar-refractivity contribution in [2.45, 2.75) is 56.6 Å². The lowest BCUT2D eigenvalue weighted by atomic mass is 10.2. The Labute approximate surface area is 222 Å². The molecule has 2 N–H and O–H groups in total. The Morgan fingerprint density at radius 3 is 2.54 bits per heavy atom. The minimum atomic E-state index is -3.50. The highest BCUT2D eigenvalue weighted by Crippen LogP contribution is 2.25. The topological polar surface area (TPSA) is 122 Å². The second kappa shape index (κ2) is 12.2. The number of thioether (sulfide) groups is 1. The van der Waals surface area contributed by atoms with E-state index in [0.29, 0.717) is 42.8 Å². The van der Waals surface area contributed by atoms with E-state index in [0.717, 1.165) is 48.4 Å². The second-order valence-corrected chi connectivity index (χ2v) is 12.5. The summed E-state index contributed by atoms with van der Waals surface area (Å²) in [7, 11) is -3.50. The fourth-order valence-corrected chi connectivity index (χ4v) is 6.24. The molecule has 2 aromatic heterocycles. The third kappa shape index (κ3) is 6.60. The molecule has 0 radical (unpaired) electrons. The van der Waals surface area contributed by atoms with Gasteiger partial charge >= 0.3 is 0 Å². The van der Waals surface area contributed by atoms with E-state index in [1.807, 2.05) is 0 Å². The van der Waals surface area contributed by atoms with Crippen LogP contribution in [0.15, 0.2) is 40.5 Å². The molecule has 0 aliphatic carbocycles. The number of sulfonamides is 1. The standard InChI is InChI=1S/C25H35N7O3S2/c1-4-15-36-25-29-22(27-16-18(2)3)21-17-28-32(23(21)30-25)14-11-26-24(33)19-7-9-20(10-8-19)37(34,35)31-12-5-6-13-31/h7-10,17-18H,4-6,11-16H2,1-3H3,(H,26,33)(H,27,29,30). The van der Waals surface area contributed by atoms with E-state index in [9.17, 15) is 13.2 Å². The first-order valence-corrected chi connectivity index (χ1v) is 15.2. The number of amides is 1. The number of rotatable bonds is 12. The molecule has 1 saturated heterocycles. The molecule has 10 nitrogen and oxygen atoms in total. The quantitative estimate of drug-likeness (QED) is 0.261. The first-order chi connectivity index (χ1) is 17.8. The Kier molecular flexibility index (Phi) is 9.04. The van der Waals surface area contributed by atoms with Gasteiger partial charge < -0.3 is 10.6 Å². The monoisotopic (exact) mass is 545 g/mol. The molecular formula is C25H35N7O3S2. The zero-order chi connectivity index (χ0) is 26.4. The van der Waals surface area contributed by atoms with Gasteiger partial charge in [-0.2, -0.15) is 9.40 Å². The molecule has 0 bridgehead atoms. The third-order valence-electron chi connectivity index (χ3n) is 6.02. The van der Waals surface area contributed by atoms with Gasteiger partial charge in [-0.25, -0.2) is 23.1 Å². The fraction of sp³-hybridized carbons (Fsp3) is 0.520. The number of aromatic nitrogens is 4. The van der Waals surface area contributed by atoms with Gasteiger partial charge in [0, 0.05) is 37.5 Å². The summed E-state index contributed by atoms with van der Waals surface area (Å²) in [6.45, 7) is 9.08. The maximum Gasteiger partial charge on any atom is 0.251 e. The number of nitrogens with zero attached hydrogens (tertiary/aromatic N) is 5. The molecule has 0 spiro atoms. The van der Waals surface area contributed by atoms with Crippen molar-refractivity contribution in [3.8, 4) is 0 Å². The number of nitrogens with one attached hydrogen (secondary N) is 2. The Bertz CT molecular complexity index is 1320. The van der Waals surface area contributed by atoms with E-state index >= 15 is 0 Å². The number of fused-ring (bicyclic) bond motifs is 1. The molecule has 1 amide bonds. The normalized spacial score (nSPS) is 14.5. The molecule has 12 heteroatoms. The molecule has 1 fully saturated rings. The highest BCUT2D eigenvalue weighted by atomic mass is 32.2. The minimum absolute atomic E-state index is 0.215. The summed E-state index contributed by atoms with van der Waals surface area (Å²) in [5.41, 5.74) is 1.14. The number of hydrogen-bond donors (Lipinski definition) is 2. The van der Waals surface area contributed by atoms with Crippen LogP contribution in [0.1, 0.15) is 50.4 Å². The van der Waals surface area contributed by atoms with Crippen LogP contribution in [-0.2, 0) is 16.6 Å². The summed E-state index contributed by atoms with van der Waals surface area (Å²) < 4.78 is 28.7. The summed E-state index contributed by atoms with van der Waals surface area (Å²) in [4.78, 5) is 22.3. The Hall–Kier alpha value is -2.70. The van der Waals surface area contributed by atoms with E-state index < -0.39 is 10.0 Å². The van der Waals surface area contributed by atoms with Crippen LogP contribution in [0.2, 0.25) is 0 Å². The molecule has 0 atom stereocenters. The van der Waals surface area contributed by atoms with Crippen molar-refractivity contribution in [1.29, 1.82) is 0 Å². The van der Waals surface area contributed by atoms with Gasteiger partial charge in [0.1, 0.15) is 5.82 Å². The number of carbonyl (C=O) groups excluding carboxylic acids is 1. The van der Waals surface area contributed by atoms with Gasteiger partial charge in [0.15, 0.2) is 10.8 Å². The molecule has 200 valence electrons. The van der Waals surface area contributed by atoms with Gasteiger partial charge in [-0.15, -0.1) is 0 Å². The van der Waals surface area contributed by atoms with Gasteiger partial charge in [-0.1, -0.05) is 32.5 Å². The lowest BCUT2D eigenvalue weighted by Crippen LogP contribution is -2.29. The molecule has 1 aliphatic rings. The van der Waals surface area contributed by atoms with Crippen molar-refractivity contribution >= 4 is 44.5 Å². The van der Waals surface area contributed by atoms with E-state index in [1.165, 1.54) is 16.4 Å². The highest BCUT2D eigenvalue weighted by molar-refractivity contribution is 7.99. The largest absolute Gasteiger partial charge is 0.369 e. The second-order valence-electron chi connectivity index (χ2n) is 9.47. The maximum absolute atomic E-state index is 12.7. The predicted molar refractivity (Wildman–Crippen MR) is 146 cm³/mol. The summed E-state index contributed by atoms with van der Waals surface area (Å²) in [5, 5.41) is 12.4. The Balaban J connectivity index is 1.41. The first-order valence-electron chi connectivity index (χ1n) is 12.8. The summed E-state index contributed by atoms with van der Waals surface area (Å²) in [6, 6.07) is 6.11. The molecule has 4 rings (SSSR count). The average Bonchev–Trinajstić information content (AvgIpc) is 3.57. The molecule has 1 aromatic carbocycles. The first kappa shape index (κ1) is 27.3. The molecule has 3 aromatic rings. The number of anilines is 1. The van der Waals surface area contributed by atoms with Gasteiger partial charge in [0.2, 0.25) is 10.0 Å². The predicted octanol–water partition coefficient (Wildman–Crippen LogP) is 3.61. The van der Waals surface area contributed by atoms with Crippen LogP contribution < -0.4 is 10.6 Å². The van der Waals surface area contributed by atoms with Crippen molar-refractivity contribution in [3.63, 3.8) is 0 Å².